The van der Waals surface area contributed by atoms with Crippen molar-refractivity contribution < 1.29 is 9.13 Å². The smallest absolute Gasteiger partial charge is 0.129 e. The molecule has 0 fully saturated rings. The van der Waals surface area contributed by atoms with Crippen LogP contribution < -0.4 is 10.1 Å². The Morgan fingerprint density at radius 3 is 2.63 bits per heavy atom. The van der Waals surface area contributed by atoms with Gasteiger partial charge in [-0.2, -0.15) is 0 Å². The van der Waals surface area contributed by atoms with E-state index in [0.29, 0.717) is 0 Å². The van der Waals surface area contributed by atoms with Crippen LogP contribution in [0.1, 0.15) is 29.8 Å². The summed E-state index contributed by atoms with van der Waals surface area (Å²) in [5.41, 5.74) is 1.07. The monoisotopic (exact) mass is 279 g/mol. The molecule has 0 aliphatic carbocycles. The van der Waals surface area contributed by atoms with E-state index in [0.717, 1.165) is 24.3 Å². The van der Waals surface area contributed by atoms with Crippen LogP contribution in [0.2, 0.25) is 0 Å². The van der Waals surface area contributed by atoms with Crippen molar-refractivity contribution in [1.82, 2.24) is 5.32 Å². The summed E-state index contributed by atoms with van der Waals surface area (Å²) in [5.74, 6) is 0.659. The van der Waals surface area contributed by atoms with E-state index in [4.69, 9.17) is 4.74 Å². The molecular formula is C15H18FNOS. The molecule has 2 nitrogen and oxygen atoms in total. The molecule has 1 aromatic carbocycles. The maximum absolute atomic E-state index is 13.0. The van der Waals surface area contributed by atoms with E-state index < -0.39 is 0 Å². The largest absolute Gasteiger partial charge is 0.496 e. The minimum Gasteiger partial charge on any atom is -0.496 e. The minimum absolute atomic E-state index is 0.0921. The zero-order valence-corrected chi connectivity index (χ0v) is 12.0. The van der Waals surface area contributed by atoms with Crippen LogP contribution >= 0.6 is 11.3 Å². The second kappa shape index (κ2) is 6.68. The van der Waals surface area contributed by atoms with Gasteiger partial charge in [-0.05, 0) is 36.7 Å². The molecule has 4 heteroatoms. The molecule has 19 heavy (non-hydrogen) atoms. The molecule has 0 bridgehead atoms. The van der Waals surface area contributed by atoms with Crippen LogP contribution in [0.15, 0.2) is 35.7 Å². The number of hydrogen-bond donors (Lipinski definition) is 1. The van der Waals surface area contributed by atoms with Crippen LogP contribution in [0.5, 0.6) is 5.75 Å². The van der Waals surface area contributed by atoms with E-state index in [9.17, 15) is 4.39 Å². The molecule has 0 aliphatic rings. The van der Waals surface area contributed by atoms with Crippen molar-refractivity contribution in [2.75, 3.05) is 13.7 Å². The minimum atomic E-state index is -0.207. The summed E-state index contributed by atoms with van der Waals surface area (Å²) in [6, 6.07) is 8.78. The van der Waals surface area contributed by atoms with E-state index in [1.807, 2.05) is 23.6 Å². The molecule has 0 saturated carbocycles. The number of nitrogens with one attached hydrogen (secondary N) is 1. The van der Waals surface area contributed by atoms with Crippen molar-refractivity contribution >= 4 is 11.3 Å². The Bertz CT molecular complexity index is 509. The van der Waals surface area contributed by atoms with E-state index in [2.05, 4.69) is 12.2 Å². The van der Waals surface area contributed by atoms with Gasteiger partial charge in [0.25, 0.3) is 0 Å². The fourth-order valence-electron chi connectivity index (χ4n) is 1.92. The molecule has 0 amide bonds. The van der Waals surface area contributed by atoms with Crippen molar-refractivity contribution in [2.45, 2.75) is 19.4 Å². The predicted octanol–water partition coefficient (Wildman–Crippen LogP) is 3.98. The van der Waals surface area contributed by atoms with Crippen LogP contribution in [0, 0.1) is 5.82 Å². The molecule has 0 saturated heterocycles. The van der Waals surface area contributed by atoms with E-state index in [1.165, 1.54) is 17.0 Å². The molecule has 1 aromatic heterocycles. The molecule has 1 unspecified atom stereocenters. The molecular weight excluding hydrogens is 261 g/mol. The highest BCUT2D eigenvalue weighted by Crippen LogP contribution is 2.31. The Labute approximate surface area is 117 Å². The Kier molecular flexibility index (Phi) is 4.93. The average Bonchev–Trinajstić information content (AvgIpc) is 2.90. The standard InChI is InChI=1S/C15H18FNOS/c1-3-8-17-15(11-4-6-12(16)7-5-11)14-9-13(18-2)10-19-14/h4-7,9-10,15,17H,3,8H2,1-2H3. The lowest BCUT2D eigenvalue weighted by atomic mass is 10.1. The van der Waals surface area contributed by atoms with Gasteiger partial charge >= 0.3 is 0 Å². The quantitative estimate of drug-likeness (QED) is 0.863. The van der Waals surface area contributed by atoms with Gasteiger partial charge in [-0.1, -0.05) is 19.1 Å². The van der Waals surface area contributed by atoms with Crippen molar-refractivity contribution in [2.24, 2.45) is 0 Å². The third-order valence-corrected chi connectivity index (χ3v) is 3.89. The van der Waals surface area contributed by atoms with Crippen LogP contribution in [0.4, 0.5) is 4.39 Å². The highest BCUT2D eigenvalue weighted by molar-refractivity contribution is 7.10. The summed E-state index contributed by atoms with van der Waals surface area (Å²) in [6.07, 6.45) is 1.06. The Hall–Kier alpha value is -1.39. The van der Waals surface area contributed by atoms with E-state index in [1.54, 1.807) is 18.4 Å². The average molecular weight is 279 g/mol. The number of ether oxygens (including phenoxy) is 1. The highest BCUT2D eigenvalue weighted by Gasteiger charge is 2.15. The highest BCUT2D eigenvalue weighted by atomic mass is 32.1. The van der Waals surface area contributed by atoms with Crippen molar-refractivity contribution in [3.8, 4) is 5.75 Å². The Morgan fingerprint density at radius 1 is 1.32 bits per heavy atom. The van der Waals surface area contributed by atoms with Gasteiger partial charge < -0.3 is 10.1 Å². The maximum Gasteiger partial charge on any atom is 0.129 e. The lowest BCUT2D eigenvalue weighted by Gasteiger charge is -2.17. The molecule has 0 aliphatic heterocycles. The maximum atomic E-state index is 13.0. The first kappa shape index (κ1) is 14.0. The Morgan fingerprint density at radius 2 is 2.05 bits per heavy atom. The van der Waals surface area contributed by atoms with Crippen LogP contribution in [-0.4, -0.2) is 13.7 Å². The van der Waals surface area contributed by atoms with E-state index >= 15 is 0 Å². The van der Waals surface area contributed by atoms with Crippen LogP contribution in [0.3, 0.4) is 0 Å². The lowest BCUT2D eigenvalue weighted by molar-refractivity contribution is 0.416. The Balaban J connectivity index is 2.26. The first-order valence-electron chi connectivity index (χ1n) is 6.36. The predicted molar refractivity (Wildman–Crippen MR) is 77.4 cm³/mol. The summed E-state index contributed by atoms with van der Waals surface area (Å²) >= 11 is 1.65. The number of hydrogen-bond acceptors (Lipinski definition) is 3. The fourth-order valence-corrected chi connectivity index (χ4v) is 2.88. The summed E-state index contributed by atoms with van der Waals surface area (Å²) < 4.78 is 18.3. The molecule has 2 rings (SSSR count). The molecule has 0 spiro atoms. The summed E-state index contributed by atoms with van der Waals surface area (Å²) in [7, 11) is 1.66. The van der Waals surface area contributed by atoms with E-state index in [-0.39, 0.29) is 11.9 Å². The fraction of sp³-hybridized carbons (Fsp3) is 0.333. The zero-order chi connectivity index (χ0) is 13.7. The third-order valence-electron chi connectivity index (χ3n) is 2.92. The number of methoxy groups -OCH3 is 1. The normalized spacial score (nSPS) is 12.4. The van der Waals surface area contributed by atoms with Gasteiger partial charge in [0.05, 0.1) is 13.2 Å². The van der Waals surface area contributed by atoms with Crippen LogP contribution in [-0.2, 0) is 0 Å². The van der Waals surface area contributed by atoms with Gasteiger partial charge in [0.1, 0.15) is 11.6 Å². The molecule has 1 N–H and O–H groups in total. The second-order valence-corrected chi connectivity index (χ2v) is 5.27. The van der Waals surface area contributed by atoms with Gasteiger partial charge in [-0.15, -0.1) is 11.3 Å². The number of benzene rings is 1. The van der Waals surface area contributed by atoms with Gasteiger partial charge in [0, 0.05) is 10.3 Å². The number of halogens is 1. The first-order chi connectivity index (χ1) is 9.24. The summed E-state index contributed by atoms with van der Waals surface area (Å²) in [5, 5.41) is 5.48. The second-order valence-electron chi connectivity index (χ2n) is 4.33. The molecule has 1 heterocycles. The third kappa shape index (κ3) is 3.55. The van der Waals surface area contributed by atoms with Crippen molar-refractivity contribution in [1.29, 1.82) is 0 Å². The molecule has 102 valence electrons. The number of rotatable bonds is 6. The first-order valence-corrected chi connectivity index (χ1v) is 7.23. The molecule has 0 radical (unpaired) electrons. The van der Waals surface area contributed by atoms with Crippen LogP contribution in [0.25, 0.3) is 0 Å². The zero-order valence-electron chi connectivity index (χ0n) is 11.2. The SMILES string of the molecule is CCCNC(c1ccc(F)cc1)c1cc(OC)cs1. The van der Waals surface area contributed by atoms with Gasteiger partial charge in [-0.25, -0.2) is 4.39 Å². The molecule has 2 aromatic rings. The summed E-state index contributed by atoms with van der Waals surface area (Å²) in [4.78, 5) is 1.18. The van der Waals surface area contributed by atoms with Gasteiger partial charge in [0.15, 0.2) is 0 Å². The number of thiophene rings is 1. The van der Waals surface area contributed by atoms with Gasteiger partial charge in [0.2, 0.25) is 0 Å². The van der Waals surface area contributed by atoms with Gasteiger partial charge in [-0.3, -0.25) is 0 Å². The topological polar surface area (TPSA) is 21.3 Å². The molecule has 1 atom stereocenters. The van der Waals surface area contributed by atoms with Crippen molar-refractivity contribution in [3.63, 3.8) is 0 Å². The lowest BCUT2D eigenvalue weighted by Crippen LogP contribution is -2.22. The van der Waals surface area contributed by atoms with Crippen molar-refractivity contribution in [3.05, 3.63) is 52.0 Å². The summed E-state index contributed by atoms with van der Waals surface area (Å²) in [6.45, 7) is 3.05.